The van der Waals surface area contributed by atoms with E-state index in [4.69, 9.17) is 11.6 Å². The van der Waals surface area contributed by atoms with Crippen molar-refractivity contribution >= 4 is 17.9 Å². The molecule has 1 nitrogen and oxygen atoms in total. The van der Waals surface area contributed by atoms with Gasteiger partial charge in [0.15, 0.2) is 0 Å². The van der Waals surface area contributed by atoms with Gasteiger partial charge in [0, 0.05) is 10.6 Å². The summed E-state index contributed by atoms with van der Waals surface area (Å²) in [5.41, 5.74) is 2.08. The van der Waals surface area contributed by atoms with Gasteiger partial charge in [0.2, 0.25) is 0 Å². The molecule has 0 radical (unpaired) electrons. The van der Waals surface area contributed by atoms with Gasteiger partial charge in [-0.05, 0) is 42.0 Å². The van der Waals surface area contributed by atoms with E-state index in [9.17, 15) is 4.79 Å². The van der Waals surface area contributed by atoms with Gasteiger partial charge in [-0.25, -0.2) is 0 Å². The molecule has 0 aromatic heterocycles. The van der Waals surface area contributed by atoms with Crippen molar-refractivity contribution in [3.8, 4) is 0 Å². The third-order valence-electron chi connectivity index (χ3n) is 2.38. The Kier molecular flexibility index (Phi) is 3.92. The lowest BCUT2D eigenvalue weighted by molar-refractivity contribution is 0.112. The van der Waals surface area contributed by atoms with E-state index in [1.807, 2.05) is 6.07 Å². The molecule has 0 aliphatic heterocycles. The van der Waals surface area contributed by atoms with Crippen molar-refractivity contribution in [2.75, 3.05) is 0 Å². The second kappa shape index (κ2) is 4.80. The van der Waals surface area contributed by atoms with E-state index in [0.717, 1.165) is 30.3 Å². The second-order valence-corrected chi connectivity index (χ2v) is 5.46. The number of hydrogen-bond acceptors (Lipinski definition) is 1. The zero-order valence-corrected chi connectivity index (χ0v) is 10.3. The highest BCUT2D eigenvalue weighted by Gasteiger charge is 2.11. The molecular weight excluding hydrogens is 208 g/mol. The number of aryl methyl sites for hydroxylation is 1. The van der Waals surface area contributed by atoms with Gasteiger partial charge in [0.1, 0.15) is 6.29 Å². The number of aldehydes is 1. The average Bonchev–Trinajstić information content (AvgIpc) is 2.14. The van der Waals surface area contributed by atoms with Crippen molar-refractivity contribution in [1.82, 2.24) is 0 Å². The van der Waals surface area contributed by atoms with Crippen molar-refractivity contribution in [3.05, 3.63) is 34.3 Å². The summed E-state index contributed by atoms with van der Waals surface area (Å²) in [6, 6.07) is 5.43. The van der Waals surface area contributed by atoms with Gasteiger partial charge in [-0.2, -0.15) is 0 Å². The van der Waals surface area contributed by atoms with Gasteiger partial charge < -0.3 is 0 Å². The zero-order valence-electron chi connectivity index (χ0n) is 9.51. The van der Waals surface area contributed by atoms with Crippen LogP contribution in [0.1, 0.15) is 43.1 Å². The minimum Gasteiger partial charge on any atom is -0.298 e. The summed E-state index contributed by atoms with van der Waals surface area (Å²) < 4.78 is 0. The summed E-state index contributed by atoms with van der Waals surface area (Å²) in [5, 5.41) is 0.699. The van der Waals surface area contributed by atoms with Crippen LogP contribution in [-0.2, 0) is 6.42 Å². The quantitative estimate of drug-likeness (QED) is 0.706. The number of rotatable bonds is 3. The van der Waals surface area contributed by atoms with Crippen LogP contribution in [0.2, 0.25) is 5.02 Å². The Bertz CT molecular complexity index is 350. The number of carbonyl (C=O) groups excluding carboxylic acids is 1. The van der Waals surface area contributed by atoms with Crippen LogP contribution in [0.25, 0.3) is 0 Å². The van der Waals surface area contributed by atoms with Gasteiger partial charge in [-0.15, -0.1) is 0 Å². The van der Waals surface area contributed by atoms with Gasteiger partial charge in [0.25, 0.3) is 0 Å². The predicted octanol–water partition coefficient (Wildman–Crippen LogP) is 4.13. The minimum atomic E-state index is 0.280. The van der Waals surface area contributed by atoms with E-state index in [1.54, 1.807) is 12.1 Å². The van der Waals surface area contributed by atoms with Crippen LogP contribution >= 0.6 is 11.6 Å². The van der Waals surface area contributed by atoms with Gasteiger partial charge in [-0.3, -0.25) is 4.79 Å². The van der Waals surface area contributed by atoms with Crippen molar-refractivity contribution in [1.29, 1.82) is 0 Å². The van der Waals surface area contributed by atoms with Crippen LogP contribution in [0.3, 0.4) is 0 Å². The van der Waals surface area contributed by atoms with E-state index < -0.39 is 0 Å². The largest absolute Gasteiger partial charge is 0.298 e. The number of carbonyl (C=O) groups is 1. The molecule has 0 amide bonds. The smallest absolute Gasteiger partial charge is 0.150 e. The molecular formula is C13H17ClO. The number of halogens is 1. The first-order valence-corrected chi connectivity index (χ1v) is 5.54. The molecule has 1 aromatic carbocycles. The summed E-state index contributed by atoms with van der Waals surface area (Å²) in [7, 11) is 0. The Morgan fingerprint density at radius 1 is 1.33 bits per heavy atom. The van der Waals surface area contributed by atoms with Crippen molar-refractivity contribution < 1.29 is 4.79 Å². The lowest BCUT2D eigenvalue weighted by Gasteiger charge is -2.18. The Labute approximate surface area is 96.5 Å². The molecule has 15 heavy (non-hydrogen) atoms. The lowest BCUT2D eigenvalue weighted by atomic mass is 9.88. The summed E-state index contributed by atoms with van der Waals surface area (Å²) in [4.78, 5) is 10.8. The molecule has 2 heteroatoms. The molecule has 0 saturated carbocycles. The Hall–Kier alpha value is -0.820. The Morgan fingerprint density at radius 2 is 2.00 bits per heavy atom. The van der Waals surface area contributed by atoms with Crippen LogP contribution in [0.4, 0.5) is 0 Å². The lowest BCUT2D eigenvalue weighted by Crippen LogP contribution is -2.07. The molecule has 0 N–H and O–H groups in total. The monoisotopic (exact) mass is 224 g/mol. The Balaban J connectivity index is 2.83. The maximum atomic E-state index is 10.8. The molecule has 0 spiro atoms. The third-order valence-corrected chi connectivity index (χ3v) is 2.61. The third kappa shape index (κ3) is 4.05. The summed E-state index contributed by atoms with van der Waals surface area (Å²) in [6.07, 6.45) is 2.85. The minimum absolute atomic E-state index is 0.280. The first-order valence-electron chi connectivity index (χ1n) is 5.16. The van der Waals surface area contributed by atoms with E-state index in [0.29, 0.717) is 5.02 Å². The average molecular weight is 225 g/mol. The Morgan fingerprint density at radius 3 is 2.53 bits per heavy atom. The van der Waals surface area contributed by atoms with Gasteiger partial charge in [0.05, 0.1) is 0 Å². The van der Waals surface area contributed by atoms with Crippen LogP contribution in [0.5, 0.6) is 0 Å². The molecule has 0 atom stereocenters. The van der Waals surface area contributed by atoms with Crippen LogP contribution < -0.4 is 0 Å². The SMILES string of the molecule is CC(C)(C)CCc1cc(Cl)ccc1C=O. The fraction of sp³-hybridized carbons (Fsp3) is 0.462. The van der Waals surface area contributed by atoms with Crippen LogP contribution in [0.15, 0.2) is 18.2 Å². The van der Waals surface area contributed by atoms with Crippen LogP contribution in [-0.4, -0.2) is 6.29 Å². The number of benzene rings is 1. The number of hydrogen-bond donors (Lipinski definition) is 0. The maximum absolute atomic E-state index is 10.8. The first-order chi connectivity index (χ1) is 6.92. The highest BCUT2D eigenvalue weighted by molar-refractivity contribution is 6.30. The molecule has 1 aromatic rings. The van der Waals surface area contributed by atoms with E-state index in [1.165, 1.54) is 0 Å². The fourth-order valence-electron chi connectivity index (χ4n) is 1.42. The highest BCUT2D eigenvalue weighted by Crippen LogP contribution is 2.24. The maximum Gasteiger partial charge on any atom is 0.150 e. The fourth-order valence-corrected chi connectivity index (χ4v) is 1.61. The topological polar surface area (TPSA) is 17.1 Å². The standard InChI is InChI=1S/C13H17ClO/c1-13(2,3)7-6-10-8-12(14)5-4-11(10)9-15/h4-5,8-9H,6-7H2,1-3H3. The molecule has 1 rings (SSSR count). The van der Waals surface area contributed by atoms with Crippen molar-refractivity contribution in [3.63, 3.8) is 0 Å². The van der Waals surface area contributed by atoms with Gasteiger partial charge in [-0.1, -0.05) is 32.4 Å². The van der Waals surface area contributed by atoms with E-state index in [2.05, 4.69) is 20.8 Å². The van der Waals surface area contributed by atoms with Gasteiger partial charge >= 0.3 is 0 Å². The summed E-state index contributed by atoms with van der Waals surface area (Å²) >= 11 is 5.91. The second-order valence-electron chi connectivity index (χ2n) is 5.02. The molecule has 0 fully saturated rings. The highest BCUT2D eigenvalue weighted by atomic mass is 35.5. The molecule has 0 heterocycles. The molecule has 0 unspecified atom stereocenters. The van der Waals surface area contributed by atoms with E-state index in [-0.39, 0.29) is 5.41 Å². The van der Waals surface area contributed by atoms with E-state index >= 15 is 0 Å². The van der Waals surface area contributed by atoms with Crippen LogP contribution in [0, 0.1) is 5.41 Å². The molecule has 0 aliphatic rings. The normalized spacial score (nSPS) is 11.5. The molecule has 0 aliphatic carbocycles. The molecule has 82 valence electrons. The van der Waals surface area contributed by atoms with Crippen molar-refractivity contribution in [2.45, 2.75) is 33.6 Å². The first kappa shape index (κ1) is 12.3. The molecule has 0 saturated heterocycles. The predicted molar refractivity (Wildman–Crippen MR) is 64.6 cm³/mol. The summed E-state index contributed by atoms with van der Waals surface area (Å²) in [5.74, 6) is 0. The molecule has 0 bridgehead atoms. The summed E-state index contributed by atoms with van der Waals surface area (Å²) in [6.45, 7) is 6.58. The van der Waals surface area contributed by atoms with Crippen molar-refractivity contribution in [2.24, 2.45) is 5.41 Å². The zero-order chi connectivity index (χ0) is 11.5.